The Morgan fingerprint density at radius 3 is 2.95 bits per heavy atom. The number of amides is 1. The normalized spacial score (nSPS) is 28.1. The minimum Gasteiger partial charge on any atom is -0.325 e. The van der Waals surface area contributed by atoms with Crippen LogP contribution < -0.4 is 10.6 Å². The molecule has 0 bridgehead atoms. The number of benzene rings is 1. The number of nitrogens with zero attached hydrogens (tertiary/aromatic N) is 3. The van der Waals surface area contributed by atoms with Crippen molar-refractivity contribution in [3.05, 3.63) is 24.3 Å². The topological polar surface area (TPSA) is 64.2 Å². The molecule has 0 radical (unpaired) electrons. The summed E-state index contributed by atoms with van der Waals surface area (Å²) in [6, 6.07) is 8.06. The van der Waals surface area contributed by atoms with Crippen molar-refractivity contribution in [2.24, 2.45) is 11.7 Å². The minimum absolute atomic E-state index is 0.0902. The van der Waals surface area contributed by atoms with Gasteiger partial charge in [-0.2, -0.15) is 0 Å². The molecule has 2 atom stereocenters. The first-order valence-corrected chi connectivity index (χ1v) is 8.13. The van der Waals surface area contributed by atoms with Crippen molar-refractivity contribution < 1.29 is 4.79 Å². The van der Waals surface area contributed by atoms with E-state index in [1.54, 1.807) is 0 Å². The van der Waals surface area contributed by atoms with Gasteiger partial charge in [-0.25, -0.2) is 4.98 Å². The van der Waals surface area contributed by atoms with E-state index in [1.807, 2.05) is 30.0 Å². The molecule has 5 nitrogen and oxygen atoms in total. The molecule has 2 unspecified atom stereocenters. The molecule has 1 aromatic heterocycles. The summed E-state index contributed by atoms with van der Waals surface area (Å²) >= 11 is 0. The van der Waals surface area contributed by atoms with E-state index in [2.05, 4.69) is 15.6 Å². The van der Waals surface area contributed by atoms with E-state index in [9.17, 15) is 4.79 Å². The number of anilines is 1. The molecule has 1 aliphatic heterocycles. The lowest BCUT2D eigenvalue weighted by molar-refractivity contribution is -0.125. The van der Waals surface area contributed by atoms with Crippen LogP contribution in [0.3, 0.4) is 0 Å². The van der Waals surface area contributed by atoms with Crippen LogP contribution >= 0.6 is 0 Å². The second-order valence-corrected chi connectivity index (χ2v) is 6.85. The van der Waals surface area contributed by atoms with Gasteiger partial charge in [0.2, 0.25) is 11.9 Å². The molecule has 22 heavy (non-hydrogen) atoms. The van der Waals surface area contributed by atoms with Gasteiger partial charge in [0.25, 0.3) is 0 Å². The Kier molecular flexibility index (Phi) is 3.01. The smallest absolute Gasteiger partial charge is 0.234 e. The number of hydrogen-bond acceptors (Lipinski definition) is 3. The fourth-order valence-corrected chi connectivity index (χ4v) is 3.95. The first-order chi connectivity index (χ1) is 10.6. The lowest BCUT2D eigenvalue weighted by Gasteiger charge is -2.38. The van der Waals surface area contributed by atoms with E-state index < -0.39 is 5.54 Å². The standard InChI is InChI=1S/C17H22N4O/c1-17(18)9-5-4-6-12(17)15(22)21-11-10-20-14-8-3-2-7-13(14)19-16(20)21/h2-3,7-8,12H,4-6,9-11,18H2,1H3. The van der Waals surface area contributed by atoms with Crippen molar-refractivity contribution >= 4 is 22.9 Å². The average molecular weight is 298 g/mol. The minimum atomic E-state index is -0.394. The molecule has 5 heteroatoms. The summed E-state index contributed by atoms with van der Waals surface area (Å²) in [5, 5.41) is 0. The summed E-state index contributed by atoms with van der Waals surface area (Å²) in [4.78, 5) is 19.6. The predicted molar refractivity (Wildman–Crippen MR) is 86.6 cm³/mol. The van der Waals surface area contributed by atoms with Gasteiger partial charge >= 0.3 is 0 Å². The Balaban J connectivity index is 1.69. The van der Waals surface area contributed by atoms with E-state index in [4.69, 9.17) is 5.73 Å². The van der Waals surface area contributed by atoms with Crippen LogP contribution in [0.15, 0.2) is 24.3 Å². The monoisotopic (exact) mass is 298 g/mol. The Labute approximate surface area is 130 Å². The highest BCUT2D eigenvalue weighted by Gasteiger charge is 2.42. The van der Waals surface area contributed by atoms with Crippen molar-refractivity contribution in [2.75, 3.05) is 11.4 Å². The molecule has 0 saturated heterocycles. The van der Waals surface area contributed by atoms with Crippen molar-refractivity contribution in [1.29, 1.82) is 0 Å². The highest BCUT2D eigenvalue weighted by Crippen LogP contribution is 2.35. The second-order valence-electron chi connectivity index (χ2n) is 6.85. The Morgan fingerprint density at radius 1 is 1.32 bits per heavy atom. The molecule has 1 fully saturated rings. The van der Waals surface area contributed by atoms with Crippen molar-refractivity contribution in [2.45, 2.75) is 44.7 Å². The zero-order chi connectivity index (χ0) is 15.3. The average Bonchev–Trinajstić information content (AvgIpc) is 3.05. The Morgan fingerprint density at radius 2 is 2.14 bits per heavy atom. The molecule has 1 aromatic carbocycles. The summed E-state index contributed by atoms with van der Waals surface area (Å²) < 4.78 is 2.14. The predicted octanol–water partition coefficient (Wildman–Crippen LogP) is 2.29. The number of nitrogens with two attached hydrogens (primary N) is 1. The van der Waals surface area contributed by atoms with Gasteiger partial charge in [-0.3, -0.25) is 9.69 Å². The Hall–Kier alpha value is -1.88. The molecule has 2 N–H and O–H groups in total. The van der Waals surface area contributed by atoms with E-state index in [1.165, 1.54) is 0 Å². The number of para-hydroxylation sites is 2. The lowest BCUT2D eigenvalue weighted by atomic mass is 9.74. The molecule has 2 heterocycles. The number of fused-ring (bicyclic) bond motifs is 3. The lowest BCUT2D eigenvalue weighted by Crippen LogP contribution is -2.53. The van der Waals surface area contributed by atoms with Crippen molar-refractivity contribution in [3.8, 4) is 0 Å². The summed E-state index contributed by atoms with van der Waals surface area (Å²) in [6.45, 7) is 3.54. The number of rotatable bonds is 1. The molecule has 0 spiro atoms. The van der Waals surface area contributed by atoms with Gasteiger partial charge in [0, 0.05) is 18.6 Å². The van der Waals surface area contributed by atoms with Crippen LogP contribution in [0.1, 0.15) is 32.6 Å². The highest BCUT2D eigenvalue weighted by atomic mass is 16.2. The van der Waals surface area contributed by atoms with Gasteiger partial charge in [-0.05, 0) is 31.9 Å². The summed E-state index contributed by atoms with van der Waals surface area (Å²) in [7, 11) is 0. The van der Waals surface area contributed by atoms with Gasteiger partial charge in [-0.1, -0.05) is 25.0 Å². The first-order valence-electron chi connectivity index (χ1n) is 8.13. The van der Waals surface area contributed by atoms with E-state index in [-0.39, 0.29) is 11.8 Å². The van der Waals surface area contributed by atoms with Gasteiger partial charge in [0.1, 0.15) is 0 Å². The summed E-state index contributed by atoms with van der Waals surface area (Å²) in [6.07, 6.45) is 4.03. The Bertz CT molecular complexity index is 733. The maximum absolute atomic E-state index is 13.0. The quantitative estimate of drug-likeness (QED) is 0.878. The summed E-state index contributed by atoms with van der Waals surface area (Å²) in [5.74, 6) is 0.846. The highest BCUT2D eigenvalue weighted by molar-refractivity contribution is 5.97. The molecular weight excluding hydrogens is 276 g/mol. The third-order valence-electron chi connectivity index (χ3n) is 5.24. The third-order valence-corrected chi connectivity index (χ3v) is 5.24. The van der Waals surface area contributed by atoms with Gasteiger partial charge in [0.15, 0.2) is 0 Å². The molecule has 4 rings (SSSR count). The fourth-order valence-electron chi connectivity index (χ4n) is 3.95. The third kappa shape index (κ3) is 1.96. The molecule has 1 saturated carbocycles. The van der Waals surface area contributed by atoms with E-state index >= 15 is 0 Å². The zero-order valence-corrected chi connectivity index (χ0v) is 13.0. The number of hydrogen-bond donors (Lipinski definition) is 1. The fraction of sp³-hybridized carbons (Fsp3) is 0.529. The molecular formula is C17H22N4O. The van der Waals surface area contributed by atoms with Crippen LogP contribution in [-0.2, 0) is 11.3 Å². The number of carbonyl (C=O) groups excluding carboxylic acids is 1. The maximum Gasteiger partial charge on any atom is 0.234 e. The van der Waals surface area contributed by atoms with Crippen LogP contribution in [0.4, 0.5) is 5.95 Å². The van der Waals surface area contributed by atoms with Gasteiger partial charge in [-0.15, -0.1) is 0 Å². The van der Waals surface area contributed by atoms with Crippen LogP contribution in [-0.4, -0.2) is 27.5 Å². The number of aromatic nitrogens is 2. The first kappa shape index (κ1) is 13.8. The van der Waals surface area contributed by atoms with E-state index in [0.717, 1.165) is 49.2 Å². The second kappa shape index (κ2) is 4.81. The molecule has 2 aromatic rings. The van der Waals surface area contributed by atoms with Crippen LogP contribution in [0.25, 0.3) is 11.0 Å². The molecule has 2 aliphatic rings. The van der Waals surface area contributed by atoms with E-state index in [0.29, 0.717) is 6.54 Å². The maximum atomic E-state index is 13.0. The SMILES string of the molecule is CC1(N)CCCCC1C(=O)N1CCn2c1nc1ccccc12. The largest absolute Gasteiger partial charge is 0.325 e. The van der Waals surface area contributed by atoms with Crippen LogP contribution in [0.5, 0.6) is 0 Å². The summed E-state index contributed by atoms with van der Waals surface area (Å²) in [5.41, 5.74) is 8.07. The number of carbonyl (C=O) groups is 1. The molecule has 116 valence electrons. The molecule has 1 aliphatic carbocycles. The van der Waals surface area contributed by atoms with Crippen LogP contribution in [0, 0.1) is 5.92 Å². The van der Waals surface area contributed by atoms with Crippen LogP contribution in [0.2, 0.25) is 0 Å². The number of imidazole rings is 1. The van der Waals surface area contributed by atoms with Gasteiger partial charge in [0.05, 0.1) is 17.0 Å². The molecule has 1 amide bonds. The van der Waals surface area contributed by atoms with Crippen molar-refractivity contribution in [1.82, 2.24) is 9.55 Å². The van der Waals surface area contributed by atoms with Gasteiger partial charge < -0.3 is 10.3 Å². The van der Waals surface area contributed by atoms with Crippen molar-refractivity contribution in [3.63, 3.8) is 0 Å². The zero-order valence-electron chi connectivity index (χ0n) is 13.0.